The number of hydrogen-bond donors (Lipinski definition) is 4. The standard InChI is InChI=1S/C25H45N5O7/c1-25(2,3)13-12-19(31)20(32)21(33)22(36-5)23(34)28-18-11-10-17(16-30(4)24(18)35)37-15-9-7-6-8-14-27-29-26/h12-13,17-22,31-33H,6-11,14-16H2,1-5H3,(H,28,34)/t17-,18?,19-,20+,21-,22-/m1/s1. The highest BCUT2D eigenvalue weighted by molar-refractivity contribution is 5.89. The van der Waals surface area contributed by atoms with Crippen LogP contribution in [0.2, 0.25) is 0 Å². The van der Waals surface area contributed by atoms with Crippen LogP contribution in [0.15, 0.2) is 17.3 Å². The first-order chi connectivity index (χ1) is 17.4. The summed E-state index contributed by atoms with van der Waals surface area (Å²) >= 11 is 0. The van der Waals surface area contributed by atoms with Crippen LogP contribution >= 0.6 is 0 Å². The molecule has 1 aliphatic heterocycles. The summed E-state index contributed by atoms with van der Waals surface area (Å²) < 4.78 is 11.1. The molecule has 37 heavy (non-hydrogen) atoms. The number of likely N-dealkylation sites (tertiary alicyclic amines) is 1. The van der Waals surface area contributed by atoms with Gasteiger partial charge in [0, 0.05) is 38.8 Å². The number of carbonyl (C=O) groups excluding carboxylic acids is 2. The van der Waals surface area contributed by atoms with E-state index in [0.29, 0.717) is 32.5 Å². The molecular weight excluding hydrogens is 482 g/mol. The first-order valence-electron chi connectivity index (χ1n) is 12.9. The number of likely N-dealkylation sites (N-methyl/N-ethyl adjacent to an activating group) is 1. The van der Waals surface area contributed by atoms with Gasteiger partial charge in [-0.3, -0.25) is 9.59 Å². The fourth-order valence-electron chi connectivity index (χ4n) is 3.97. The van der Waals surface area contributed by atoms with E-state index >= 15 is 0 Å². The molecule has 4 N–H and O–H groups in total. The van der Waals surface area contributed by atoms with Crippen LogP contribution in [0.1, 0.15) is 59.3 Å². The largest absolute Gasteiger partial charge is 0.387 e. The number of allylic oxidation sites excluding steroid dienone is 1. The molecule has 1 fully saturated rings. The Hall–Kier alpha value is -2.21. The maximum Gasteiger partial charge on any atom is 0.252 e. The van der Waals surface area contributed by atoms with Crippen molar-refractivity contribution in [1.82, 2.24) is 10.2 Å². The van der Waals surface area contributed by atoms with Gasteiger partial charge in [-0.25, -0.2) is 0 Å². The molecule has 0 spiro atoms. The number of ether oxygens (including phenoxy) is 2. The van der Waals surface area contributed by atoms with Gasteiger partial charge in [0.2, 0.25) is 5.91 Å². The predicted octanol–water partition coefficient (Wildman–Crippen LogP) is 1.68. The van der Waals surface area contributed by atoms with Crippen LogP contribution in [0.4, 0.5) is 0 Å². The first-order valence-corrected chi connectivity index (χ1v) is 12.9. The second-order valence-corrected chi connectivity index (χ2v) is 10.6. The zero-order valence-electron chi connectivity index (χ0n) is 22.7. The van der Waals surface area contributed by atoms with Gasteiger partial charge in [-0.15, -0.1) is 0 Å². The number of carbonyl (C=O) groups is 2. The Labute approximate surface area is 219 Å². The zero-order chi connectivity index (χ0) is 28.0. The van der Waals surface area contributed by atoms with Crippen LogP contribution in [-0.4, -0.2) is 102 Å². The highest BCUT2D eigenvalue weighted by Gasteiger charge is 2.38. The second kappa shape index (κ2) is 16.6. The van der Waals surface area contributed by atoms with Gasteiger partial charge < -0.3 is 35.0 Å². The lowest BCUT2D eigenvalue weighted by molar-refractivity contribution is -0.151. The summed E-state index contributed by atoms with van der Waals surface area (Å²) in [5.74, 6) is -1.04. The first kappa shape index (κ1) is 32.8. The third-order valence-electron chi connectivity index (χ3n) is 6.13. The molecule has 0 aromatic rings. The van der Waals surface area contributed by atoms with Crippen LogP contribution in [0, 0.1) is 5.41 Å². The zero-order valence-corrected chi connectivity index (χ0v) is 22.7. The molecule has 0 radical (unpaired) electrons. The summed E-state index contributed by atoms with van der Waals surface area (Å²) in [6.45, 7) is 7.18. The molecule has 1 aliphatic rings. The van der Waals surface area contributed by atoms with Crippen molar-refractivity contribution < 1.29 is 34.4 Å². The van der Waals surface area contributed by atoms with E-state index < -0.39 is 36.4 Å². The van der Waals surface area contributed by atoms with Gasteiger partial charge in [-0.05, 0) is 36.6 Å². The number of amides is 2. The number of hydrogen-bond acceptors (Lipinski definition) is 8. The summed E-state index contributed by atoms with van der Waals surface area (Å²) in [6.07, 6.45) is 1.11. The third-order valence-corrected chi connectivity index (χ3v) is 6.13. The molecule has 1 saturated heterocycles. The smallest absolute Gasteiger partial charge is 0.252 e. The van der Waals surface area contributed by atoms with Crippen molar-refractivity contribution in [3.8, 4) is 0 Å². The van der Waals surface area contributed by atoms with Crippen LogP contribution in [0.5, 0.6) is 0 Å². The number of nitrogens with one attached hydrogen (secondary N) is 1. The van der Waals surface area contributed by atoms with Crippen LogP contribution < -0.4 is 5.32 Å². The minimum atomic E-state index is -1.72. The summed E-state index contributed by atoms with van der Waals surface area (Å²) in [5.41, 5.74) is 8.03. The molecule has 2 amide bonds. The van der Waals surface area contributed by atoms with Gasteiger partial charge in [0.1, 0.15) is 24.4 Å². The molecule has 0 aliphatic carbocycles. The quantitative estimate of drug-likeness (QED) is 0.0822. The Morgan fingerprint density at radius 2 is 1.89 bits per heavy atom. The lowest BCUT2D eigenvalue weighted by Crippen LogP contribution is -2.55. The molecule has 12 heteroatoms. The van der Waals surface area contributed by atoms with Crippen LogP contribution in [-0.2, 0) is 19.1 Å². The van der Waals surface area contributed by atoms with E-state index in [-0.39, 0.29) is 17.4 Å². The molecule has 0 saturated carbocycles. The number of unbranched alkanes of at least 4 members (excludes halogenated alkanes) is 3. The Bertz CT molecular complexity index is 782. The van der Waals surface area contributed by atoms with Crippen LogP contribution in [0.3, 0.4) is 0 Å². The van der Waals surface area contributed by atoms with Crippen molar-refractivity contribution in [2.45, 2.75) is 95.9 Å². The van der Waals surface area contributed by atoms with E-state index in [1.807, 2.05) is 20.8 Å². The second-order valence-electron chi connectivity index (χ2n) is 10.6. The summed E-state index contributed by atoms with van der Waals surface area (Å²) in [5, 5.41) is 37.2. The van der Waals surface area contributed by atoms with Crippen molar-refractivity contribution in [3.05, 3.63) is 22.6 Å². The summed E-state index contributed by atoms with van der Waals surface area (Å²) in [4.78, 5) is 30.0. The maximum absolute atomic E-state index is 12.9. The summed E-state index contributed by atoms with van der Waals surface area (Å²) in [6, 6.07) is -0.834. The molecule has 1 rings (SSSR count). The minimum absolute atomic E-state index is 0.172. The van der Waals surface area contributed by atoms with E-state index in [2.05, 4.69) is 15.3 Å². The number of nitrogens with zero attached hydrogens (tertiary/aromatic N) is 4. The van der Waals surface area contributed by atoms with Crippen molar-refractivity contribution in [2.75, 3.05) is 33.9 Å². The summed E-state index contributed by atoms with van der Waals surface area (Å²) in [7, 11) is 2.85. The van der Waals surface area contributed by atoms with E-state index in [4.69, 9.17) is 15.0 Å². The maximum atomic E-state index is 12.9. The Morgan fingerprint density at radius 3 is 2.51 bits per heavy atom. The predicted molar refractivity (Wildman–Crippen MR) is 138 cm³/mol. The Balaban J connectivity index is 2.62. The number of rotatable bonds is 15. The van der Waals surface area contributed by atoms with E-state index in [1.54, 1.807) is 13.1 Å². The molecule has 0 bridgehead atoms. The Kier molecular flexibility index (Phi) is 14.7. The number of azide groups is 1. The van der Waals surface area contributed by atoms with E-state index in [9.17, 15) is 24.9 Å². The van der Waals surface area contributed by atoms with Gasteiger partial charge in [0.25, 0.3) is 5.91 Å². The SMILES string of the molecule is CO[C@@H](C(=O)NC1CC[C@@H](OCCCCCCN=[N+]=[N-])CN(C)C1=O)[C@H](O)[C@@H](O)[C@H](O)C=CC(C)(C)C. The van der Waals surface area contributed by atoms with E-state index in [1.165, 1.54) is 18.1 Å². The van der Waals surface area contributed by atoms with Crippen molar-refractivity contribution >= 4 is 11.8 Å². The van der Waals surface area contributed by atoms with Gasteiger partial charge in [-0.1, -0.05) is 50.9 Å². The van der Waals surface area contributed by atoms with Gasteiger partial charge in [-0.2, -0.15) is 0 Å². The molecule has 6 atom stereocenters. The Morgan fingerprint density at radius 1 is 1.22 bits per heavy atom. The fraction of sp³-hybridized carbons (Fsp3) is 0.840. The average Bonchev–Trinajstić information content (AvgIpc) is 2.97. The molecule has 1 unspecified atom stereocenters. The molecule has 212 valence electrons. The van der Waals surface area contributed by atoms with Crippen molar-refractivity contribution in [2.24, 2.45) is 10.5 Å². The minimum Gasteiger partial charge on any atom is -0.387 e. The topological polar surface area (TPSA) is 177 Å². The molecule has 0 aromatic heterocycles. The molecule has 12 nitrogen and oxygen atoms in total. The monoisotopic (exact) mass is 527 g/mol. The number of methoxy groups -OCH3 is 1. The lowest BCUT2D eigenvalue weighted by Gasteiger charge is -2.29. The van der Waals surface area contributed by atoms with E-state index in [0.717, 1.165) is 25.7 Å². The molecule has 1 heterocycles. The van der Waals surface area contributed by atoms with Crippen molar-refractivity contribution in [1.29, 1.82) is 0 Å². The number of aliphatic hydroxyl groups excluding tert-OH is 3. The van der Waals surface area contributed by atoms with Crippen LogP contribution in [0.25, 0.3) is 10.4 Å². The molecule has 0 aromatic carbocycles. The highest BCUT2D eigenvalue weighted by atomic mass is 16.5. The van der Waals surface area contributed by atoms with Gasteiger partial charge in [0.15, 0.2) is 6.10 Å². The van der Waals surface area contributed by atoms with Crippen molar-refractivity contribution in [3.63, 3.8) is 0 Å². The normalized spacial score (nSPS) is 22.2. The fourth-order valence-corrected chi connectivity index (χ4v) is 3.97. The average molecular weight is 528 g/mol. The third kappa shape index (κ3) is 12.3. The lowest BCUT2D eigenvalue weighted by atomic mass is 9.94. The van der Waals surface area contributed by atoms with Gasteiger partial charge in [0.05, 0.1) is 6.10 Å². The van der Waals surface area contributed by atoms with Gasteiger partial charge >= 0.3 is 0 Å². The number of aliphatic hydroxyl groups is 3. The molecular formula is C25H45N5O7. The highest BCUT2D eigenvalue weighted by Crippen LogP contribution is 2.18.